The predicted octanol–water partition coefficient (Wildman–Crippen LogP) is 3.28. The molecule has 4 rings (SSSR count). The summed E-state index contributed by atoms with van der Waals surface area (Å²) in [5.74, 6) is -0.753. The summed E-state index contributed by atoms with van der Waals surface area (Å²) in [6, 6.07) is 10.6. The first-order chi connectivity index (χ1) is 14.4. The highest BCUT2D eigenvalue weighted by Gasteiger charge is 2.23. The number of fused-ring (bicyclic) bond motifs is 2. The first-order valence-electron chi connectivity index (χ1n) is 9.48. The number of ether oxygens (including phenoxy) is 1. The second kappa shape index (κ2) is 8.19. The smallest absolute Gasteiger partial charge is 0.327 e. The van der Waals surface area contributed by atoms with E-state index < -0.39 is 0 Å². The molecule has 2 heterocycles. The summed E-state index contributed by atoms with van der Waals surface area (Å²) in [5, 5.41) is 10.6. The SMILES string of the molecule is CCOC(=O)Cn1ncc2ccc(NC(=O)c3ccc4c(c3)NC(=O)[C@@H](C)S4)cc21. The Bertz CT molecular complexity index is 1160. The molecule has 3 aromatic rings. The number of nitrogens with one attached hydrogen (secondary N) is 2. The van der Waals surface area contributed by atoms with Crippen LogP contribution in [0.5, 0.6) is 0 Å². The Morgan fingerprint density at radius 2 is 2.10 bits per heavy atom. The summed E-state index contributed by atoms with van der Waals surface area (Å²) in [4.78, 5) is 37.4. The van der Waals surface area contributed by atoms with Crippen molar-refractivity contribution < 1.29 is 19.1 Å². The number of carbonyl (C=O) groups is 3. The molecule has 1 atom stereocenters. The Hall–Kier alpha value is -3.33. The van der Waals surface area contributed by atoms with Gasteiger partial charge in [0.1, 0.15) is 6.54 Å². The van der Waals surface area contributed by atoms with Gasteiger partial charge in [-0.25, -0.2) is 0 Å². The zero-order valence-electron chi connectivity index (χ0n) is 16.5. The molecule has 154 valence electrons. The van der Waals surface area contributed by atoms with Crippen molar-refractivity contribution in [1.29, 1.82) is 0 Å². The molecule has 0 fully saturated rings. The van der Waals surface area contributed by atoms with Gasteiger partial charge in [-0.3, -0.25) is 19.1 Å². The van der Waals surface area contributed by atoms with Gasteiger partial charge in [0, 0.05) is 21.5 Å². The zero-order chi connectivity index (χ0) is 21.3. The third-order valence-electron chi connectivity index (χ3n) is 4.66. The van der Waals surface area contributed by atoms with E-state index in [2.05, 4.69) is 15.7 Å². The van der Waals surface area contributed by atoms with Crippen LogP contribution in [0.1, 0.15) is 24.2 Å². The van der Waals surface area contributed by atoms with E-state index in [1.54, 1.807) is 37.4 Å². The van der Waals surface area contributed by atoms with E-state index >= 15 is 0 Å². The van der Waals surface area contributed by atoms with Gasteiger partial charge in [-0.2, -0.15) is 5.10 Å². The lowest BCUT2D eigenvalue weighted by molar-refractivity contribution is -0.143. The van der Waals surface area contributed by atoms with Crippen LogP contribution in [0, 0.1) is 0 Å². The largest absolute Gasteiger partial charge is 0.465 e. The van der Waals surface area contributed by atoms with Gasteiger partial charge in [0.15, 0.2) is 0 Å². The van der Waals surface area contributed by atoms with Crippen LogP contribution in [0.15, 0.2) is 47.5 Å². The molecule has 1 aliphatic rings. The molecule has 9 heteroatoms. The minimum Gasteiger partial charge on any atom is -0.465 e. The second-order valence-electron chi connectivity index (χ2n) is 6.80. The molecule has 0 bridgehead atoms. The number of aromatic nitrogens is 2. The van der Waals surface area contributed by atoms with E-state index in [4.69, 9.17) is 4.74 Å². The Labute approximate surface area is 177 Å². The maximum atomic E-state index is 12.7. The topological polar surface area (TPSA) is 102 Å². The van der Waals surface area contributed by atoms with E-state index in [0.717, 1.165) is 10.3 Å². The summed E-state index contributed by atoms with van der Waals surface area (Å²) in [6.45, 7) is 3.89. The van der Waals surface area contributed by atoms with Crippen molar-refractivity contribution in [2.45, 2.75) is 30.5 Å². The normalized spacial score (nSPS) is 15.4. The molecule has 2 amide bonds. The van der Waals surface area contributed by atoms with Crippen molar-refractivity contribution in [1.82, 2.24) is 9.78 Å². The molecule has 0 spiro atoms. The van der Waals surface area contributed by atoms with Crippen molar-refractivity contribution in [2.75, 3.05) is 17.2 Å². The van der Waals surface area contributed by atoms with E-state index in [1.165, 1.54) is 16.4 Å². The molecular weight excluding hydrogens is 404 g/mol. The number of nitrogens with zero attached hydrogens (tertiary/aromatic N) is 2. The van der Waals surface area contributed by atoms with Gasteiger partial charge in [-0.15, -0.1) is 11.8 Å². The lowest BCUT2D eigenvalue weighted by atomic mass is 10.1. The Morgan fingerprint density at radius 3 is 2.90 bits per heavy atom. The minimum atomic E-state index is -0.375. The maximum absolute atomic E-state index is 12.7. The molecule has 0 saturated carbocycles. The van der Waals surface area contributed by atoms with Crippen LogP contribution >= 0.6 is 11.8 Å². The third-order valence-corrected chi connectivity index (χ3v) is 5.84. The third kappa shape index (κ3) is 4.02. The van der Waals surface area contributed by atoms with Crippen molar-refractivity contribution in [3.8, 4) is 0 Å². The molecule has 30 heavy (non-hydrogen) atoms. The van der Waals surface area contributed by atoms with E-state index in [9.17, 15) is 14.4 Å². The van der Waals surface area contributed by atoms with Crippen molar-refractivity contribution in [2.24, 2.45) is 0 Å². The van der Waals surface area contributed by atoms with Crippen LogP contribution in [0.25, 0.3) is 10.9 Å². The number of hydrogen-bond donors (Lipinski definition) is 2. The van der Waals surface area contributed by atoms with Gasteiger partial charge in [-0.1, -0.05) is 0 Å². The average molecular weight is 424 g/mol. The molecule has 0 radical (unpaired) electrons. The number of amides is 2. The first-order valence-corrected chi connectivity index (χ1v) is 10.4. The van der Waals surface area contributed by atoms with E-state index in [0.29, 0.717) is 29.1 Å². The number of carbonyl (C=O) groups excluding carboxylic acids is 3. The van der Waals surface area contributed by atoms with Crippen molar-refractivity contribution >= 4 is 51.8 Å². The zero-order valence-corrected chi connectivity index (χ0v) is 17.3. The molecule has 0 unspecified atom stereocenters. The van der Waals surface area contributed by atoms with E-state index in [-0.39, 0.29) is 29.6 Å². The number of anilines is 2. The second-order valence-corrected chi connectivity index (χ2v) is 8.18. The number of rotatable bonds is 5. The lowest BCUT2D eigenvalue weighted by Crippen LogP contribution is -2.26. The fraction of sp³-hybridized carbons (Fsp3) is 0.238. The van der Waals surface area contributed by atoms with Crippen LogP contribution in [0.4, 0.5) is 11.4 Å². The van der Waals surface area contributed by atoms with Crippen LogP contribution in [0.2, 0.25) is 0 Å². The standard InChI is InChI=1S/C21H20N4O4S/c1-3-29-19(26)11-25-17-9-15(6-4-14(17)10-22-25)23-21(28)13-5-7-18-16(8-13)24-20(27)12(2)30-18/h4-10,12H,3,11H2,1-2H3,(H,23,28)(H,24,27)/t12-/m1/s1. The highest BCUT2D eigenvalue weighted by Crippen LogP contribution is 2.36. The Morgan fingerprint density at radius 1 is 1.27 bits per heavy atom. The number of hydrogen-bond acceptors (Lipinski definition) is 6. The highest BCUT2D eigenvalue weighted by molar-refractivity contribution is 8.00. The summed E-state index contributed by atoms with van der Waals surface area (Å²) < 4.78 is 6.51. The summed E-state index contributed by atoms with van der Waals surface area (Å²) >= 11 is 1.47. The van der Waals surface area contributed by atoms with E-state index in [1.807, 2.05) is 19.1 Å². The van der Waals surface area contributed by atoms with Crippen molar-refractivity contribution in [3.63, 3.8) is 0 Å². The predicted molar refractivity (Wildman–Crippen MR) is 115 cm³/mol. The first kappa shape index (κ1) is 20.0. The summed E-state index contributed by atoms with van der Waals surface area (Å²) in [5.41, 5.74) is 2.36. The molecule has 0 saturated heterocycles. The summed E-state index contributed by atoms with van der Waals surface area (Å²) in [7, 11) is 0. The monoisotopic (exact) mass is 424 g/mol. The molecule has 2 N–H and O–H groups in total. The number of thioether (sulfide) groups is 1. The van der Waals surface area contributed by atoms with Crippen molar-refractivity contribution in [3.05, 3.63) is 48.2 Å². The van der Waals surface area contributed by atoms with Gasteiger partial charge >= 0.3 is 5.97 Å². The number of benzene rings is 2. The average Bonchev–Trinajstić information content (AvgIpc) is 3.10. The molecule has 0 aliphatic carbocycles. The fourth-order valence-electron chi connectivity index (χ4n) is 3.16. The molecule has 1 aromatic heterocycles. The highest BCUT2D eigenvalue weighted by atomic mass is 32.2. The molecule has 8 nitrogen and oxygen atoms in total. The van der Waals surface area contributed by atoms with Gasteiger partial charge in [-0.05, 0) is 50.2 Å². The minimum absolute atomic E-state index is 0.00461. The van der Waals surface area contributed by atoms with Crippen LogP contribution in [-0.2, 0) is 20.9 Å². The maximum Gasteiger partial charge on any atom is 0.327 e. The van der Waals surface area contributed by atoms with Crippen LogP contribution in [-0.4, -0.2) is 39.4 Å². The molecule has 1 aliphatic heterocycles. The van der Waals surface area contributed by atoms with Gasteiger partial charge in [0.05, 0.1) is 29.3 Å². The quantitative estimate of drug-likeness (QED) is 0.610. The lowest BCUT2D eigenvalue weighted by Gasteiger charge is -2.21. The molecule has 2 aromatic carbocycles. The summed E-state index contributed by atoms with van der Waals surface area (Å²) in [6.07, 6.45) is 1.66. The number of esters is 1. The Balaban J connectivity index is 1.54. The Kier molecular flexibility index (Phi) is 5.45. The van der Waals surface area contributed by atoms with Crippen LogP contribution < -0.4 is 10.6 Å². The van der Waals surface area contributed by atoms with Gasteiger partial charge in [0.25, 0.3) is 5.91 Å². The fourth-order valence-corrected chi connectivity index (χ4v) is 4.09. The van der Waals surface area contributed by atoms with Crippen LogP contribution in [0.3, 0.4) is 0 Å². The van der Waals surface area contributed by atoms with Gasteiger partial charge in [0.2, 0.25) is 5.91 Å². The molecular formula is C21H20N4O4S. The van der Waals surface area contributed by atoms with Gasteiger partial charge < -0.3 is 15.4 Å².